The standard InChI is InChI=1S/C33H48O3/c1-2-32(34)30-28-26-24-22-20-18-16-14-12-10-8-6-4-3-5-7-9-11-13-15-17-19-21-23-25-27-29-31-33(35)36/h1,6,8,25,27-28,30,32,34H,3-5,7,9,11,13-24,26H2,(H,35,36). The number of rotatable bonds is 21. The molecule has 2 N–H and O–H groups in total. The molecule has 0 saturated heterocycles. The van der Waals surface area contributed by atoms with E-state index in [4.69, 9.17) is 11.5 Å². The topological polar surface area (TPSA) is 57.5 Å². The molecule has 0 aromatic rings. The van der Waals surface area contributed by atoms with E-state index < -0.39 is 12.1 Å². The Hall–Kier alpha value is -2.67. The molecule has 0 saturated carbocycles. The van der Waals surface area contributed by atoms with Gasteiger partial charge in [0.05, 0.1) is 0 Å². The number of carboxylic acids is 1. The van der Waals surface area contributed by atoms with Crippen molar-refractivity contribution in [2.75, 3.05) is 0 Å². The van der Waals surface area contributed by atoms with Gasteiger partial charge in [-0.05, 0) is 63.2 Å². The van der Waals surface area contributed by atoms with Crippen LogP contribution in [0, 0.1) is 36.0 Å². The molecule has 0 bridgehead atoms. The Balaban J connectivity index is 3.31. The molecule has 0 aromatic heterocycles. The van der Waals surface area contributed by atoms with Crippen LogP contribution in [0.25, 0.3) is 0 Å². The van der Waals surface area contributed by atoms with Crippen molar-refractivity contribution in [2.24, 2.45) is 0 Å². The molecule has 3 nitrogen and oxygen atoms in total. The maximum Gasteiger partial charge on any atom is 0.382 e. The summed E-state index contributed by atoms with van der Waals surface area (Å²) in [4.78, 5) is 10.2. The van der Waals surface area contributed by atoms with Gasteiger partial charge in [0, 0.05) is 12.3 Å². The number of carbonyl (C=O) groups is 1. The van der Waals surface area contributed by atoms with Gasteiger partial charge < -0.3 is 10.2 Å². The third-order valence-corrected chi connectivity index (χ3v) is 5.84. The first kappa shape index (κ1) is 33.3. The van der Waals surface area contributed by atoms with Crippen LogP contribution in [0.1, 0.15) is 122 Å². The second-order valence-electron chi connectivity index (χ2n) is 9.16. The van der Waals surface area contributed by atoms with Gasteiger partial charge in [0.2, 0.25) is 0 Å². The van der Waals surface area contributed by atoms with Gasteiger partial charge in [0.15, 0.2) is 0 Å². The smallest absolute Gasteiger partial charge is 0.382 e. The third kappa shape index (κ3) is 29.4. The Morgan fingerprint density at radius 3 is 1.61 bits per heavy atom. The lowest BCUT2D eigenvalue weighted by Gasteiger charge is -2.01. The maximum atomic E-state index is 10.2. The molecule has 0 aromatic carbocycles. The molecule has 0 aliphatic rings. The van der Waals surface area contributed by atoms with E-state index in [1.165, 1.54) is 83.5 Å². The van der Waals surface area contributed by atoms with Gasteiger partial charge in [-0.2, -0.15) is 0 Å². The zero-order valence-electron chi connectivity index (χ0n) is 22.4. The van der Waals surface area contributed by atoms with Crippen LogP contribution in [-0.4, -0.2) is 22.3 Å². The van der Waals surface area contributed by atoms with Gasteiger partial charge in [-0.1, -0.05) is 113 Å². The molecule has 0 rings (SSSR count). The van der Waals surface area contributed by atoms with Gasteiger partial charge in [-0.3, -0.25) is 0 Å². The van der Waals surface area contributed by atoms with Crippen LogP contribution >= 0.6 is 0 Å². The van der Waals surface area contributed by atoms with Gasteiger partial charge in [0.1, 0.15) is 6.10 Å². The van der Waals surface area contributed by atoms with E-state index in [0.717, 1.165) is 38.5 Å². The van der Waals surface area contributed by atoms with Crippen molar-refractivity contribution < 1.29 is 15.0 Å². The lowest BCUT2D eigenvalue weighted by Crippen LogP contribution is -1.95. The summed E-state index contributed by atoms with van der Waals surface area (Å²) in [5.74, 6) is 12.2. The number of unbranched alkanes of at least 4 members (excludes halogenated alkanes) is 17. The molecule has 0 aliphatic heterocycles. The van der Waals surface area contributed by atoms with Crippen molar-refractivity contribution in [1.82, 2.24) is 0 Å². The minimum Gasteiger partial charge on any atom is -0.472 e. The highest BCUT2D eigenvalue weighted by molar-refractivity contribution is 5.86. The molecule has 0 amide bonds. The SMILES string of the molecule is C#CC(O)C=CCCCCCCCC#CC=CCCCCCCCCCCCCC=CC#CC(=O)O. The number of hydrogen-bond acceptors (Lipinski definition) is 2. The molecule has 0 aliphatic carbocycles. The van der Waals surface area contributed by atoms with Gasteiger partial charge >= 0.3 is 5.97 Å². The largest absolute Gasteiger partial charge is 0.472 e. The first-order valence-corrected chi connectivity index (χ1v) is 14.0. The van der Waals surface area contributed by atoms with Crippen LogP contribution in [-0.2, 0) is 4.79 Å². The minimum absolute atomic E-state index is 0.739. The van der Waals surface area contributed by atoms with Crippen LogP contribution in [0.4, 0.5) is 0 Å². The second kappa shape index (κ2) is 28.6. The Labute approximate surface area is 221 Å². The van der Waals surface area contributed by atoms with Crippen LogP contribution in [0.3, 0.4) is 0 Å². The molecule has 0 fully saturated rings. The molecular weight excluding hydrogens is 444 g/mol. The summed E-state index contributed by atoms with van der Waals surface area (Å²) in [5.41, 5.74) is 0. The average molecular weight is 493 g/mol. The van der Waals surface area contributed by atoms with E-state index in [2.05, 4.69) is 35.7 Å². The number of allylic oxidation sites excluding steroid dienone is 5. The highest BCUT2D eigenvalue weighted by Gasteiger charge is 1.93. The third-order valence-electron chi connectivity index (χ3n) is 5.84. The summed E-state index contributed by atoms with van der Waals surface area (Å²) in [6, 6.07) is 0. The normalized spacial score (nSPS) is 11.8. The first-order chi connectivity index (χ1) is 17.7. The van der Waals surface area contributed by atoms with E-state index in [1.54, 1.807) is 12.2 Å². The number of aliphatic hydroxyl groups is 1. The first-order valence-electron chi connectivity index (χ1n) is 14.0. The number of hydrogen-bond donors (Lipinski definition) is 2. The van der Waals surface area contributed by atoms with E-state index in [1.807, 2.05) is 18.2 Å². The number of aliphatic carboxylic acids is 1. The van der Waals surface area contributed by atoms with Gasteiger partial charge in [0.25, 0.3) is 0 Å². The monoisotopic (exact) mass is 492 g/mol. The van der Waals surface area contributed by atoms with Crippen molar-refractivity contribution in [3.8, 4) is 36.0 Å². The summed E-state index contributed by atoms with van der Waals surface area (Å²) >= 11 is 0. The Bertz CT molecular complexity index is 774. The number of terminal acetylenes is 1. The summed E-state index contributed by atoms with van der Waals surface area (Å²) in [5, 5.41) is 17.6. The average Bonchev–Trinajstić information content (AvgIpc) is 2.87. The molecule has 1 unspecified atom stereocenters. The Morgan fingerprint density at radius 2 is 1.11 bits per heavy atom. The molecular formula is C33H48O3. The maximum absolute atomic E-state index is 10.2. The van der Waals surface area contributed by atoms with Crippen molar-refractivity contribution >= 4 is 5.97 Å². The fraction of sp³-hybridized carbons (Fsp3) is 0.606. The van der Waals surface area contributed by atoms with Crippen LogP contribution < -0.4 is 0 Å². The van der Waals surface area contributed by atoms with E-state index in [9.17, 15) is 9.90 Å². The Kier molecular flexibility index (Phi) is 26.4. The molecule has 1 atom stereocenters. The second-order valence-corrected chi connectivity index (χ2v) is 9.16. The Morgan fingerprint density at radius 1 is 0.667 bits per heavy atom. The fourth-order valence-corrected chi connectivity index (χ4v) is 3.74. The van der Waals surface area contributed by atoms with Crippen LogP contribution in [0.5, 0.6) is 0 Å². The number of carboxylic acid groups (broad SMARTS) is 1. The van der Waals surface area contributed by atoms with Crippen molar-refractivity contribution in [3.63, 3.8) is 0 Å². The summed E-state index contributed by atoms with van der Waals surface area (Å²) in [7, 11) is 0. The lowest BCUT2D eigenvalue weighted by molar-refractivity contribution is -0.130. The zero-order valence-corrected chi connectivity index (χ0v) is 22.4. The highest BCUT2D eigenvalue weighted by Crippen LogP contribution is 2.12. The van der Waals surface area contributed by atoms with Crippen LogP contribution in [0.15, 0.2) is 36.5 Å². The minimum atomic E-state index is -1.08. The van der Waals surface area contributed by atoms with Crippen molar-refractivity contribution in [3.05, 3.63) is 36.5 Å². The zero-order chi connectivity index (χ0) is 26.4. The van der Waals surface area contributed by atoms with Crippen molar-refractivity contribution in [1.29, 1.82) is 0 Å². The number of aliphatic hydroxyl groups excluding tert-OH is 1. The molecule has 3 heteroatoms. The van der Waals surface area contributed by atoms with E-state index in [-0.39, 0.29) is 0 Å². The quantitative estimate of drug-likeness (QED) is 0.0965. The predicted molar refractivity (Wildman–Crippen MR) is 153 cm³/mol. The summed E-state index contributed by atoms with van der Waals surface area (Å²) < 4.78 is 0. The molecule has 0 radical (unpaired) electrons. The molecule has 0 spiro atoms. The fourth-order valence-electron chi connectivity index (χ4n) is 3.74. The van der Waals surface area contributed by atoms with Gasteiger partial charge in [-0.25, -0.2) is 4.79 Å². The van der Waals surface area contributed by atoms with Crippen LogP contribution in [0.2, 0.25) is 0 Å². The summed E-state index contributed by atoms with van der Waals surface area (Å²) in [6.07, 6.45) is 38.9. The molecule has 0 heterocycles. The molecule has 198 valence electrons. The van der Waals surface area contributed by atoms with Crippen molar-refractivity contribution in [2.45, 2.75) is 128 Å². The van der Waals surface area contributed by atoms with Gasteiger partial charge in [-0.15, -0.1) is 6.42 Å². The lowest BCUT2D eigenvalue weighted by atomic mass is 10.0. The van der Waals surface area contributed by atoms with E-state index in [0.29, 0.717) is 0 Å². The molecule has 36 heavy (non-hydrogen) atoms. The highest BCUT2D eigenvalue weighted by atomic mass is 16.4. The van der Waals surface area contributed by atoms with E-state index >= 15 is 0 Å². The predicted octanol–water partition coefficient (Wildman–Crippen LogP) is 8.15. The summed E-state index contributed by atoms with van der Waals surface area (Å²) in [6.45, 7) is 0.